The van der Waals surface area contributed by atoms with E-state index in [2.05, 4.69) is 5.32 Å². The largest absolute Gasteiger partial charge is 0.452 e. The second kappa shape index (κ2) is 7.09. The molecule has 2 rings (SSSR count). The molecule has 0 aliphatic carbocycles. The van der Waals surface area contributed by atoms with Crippen molar-refractivity contribution in [3.8, 4) is 0 Å². The third kappa shape index (κ3) is 4.19. The molecule has 0 bridgehead atoms. The van der Waals surface area contributed by atoms with Crippen molar-refractivity contribution in [1.29, 1.82) is 0 Å². The lowest BCUT2D eigenvalue weighted by Gasteiger charge is -2.25. The van der Waals surface area contributed by atoms with E-state index in [9.17, 15) is 9.59 Å². The van der Waals surface area contributed by atoms with Gasteiger partial charge in [0.1, 0.15) is 0 Å². The predicted octanol–water partition coefficient (Wildman–Crippen LogP) is 3.53. The number of benzene rings is 2. The highest BCUT2D eigenvalue weighted by Crippen LogP contribution is 2.25. The number of carbonyl (C=O) groups is 2. The number of carbonyl (C=O) groups excluding carboxylic acids is 2. The molecule has 23 heavy (non-hydrogen) atoms. The SMILES string of the molecule is C[C@H](OC(=O)C(C)(C)c1ccccc1)C(=O)Nc1ccccc1. The maximum Gasteiger partial charge on any atom is 0.316 e. The van der Waals surface area contributed by atoms with E-state index in [0.717, 1.165) is 5.56 Å². The van der Waals surface area contributed by atoms with Crippen molar-refractivity contribution in [3.05, 3.63) is 66.2 Å². The molecule has 0 saturated carbocycles. The number of ether oxygens (including phenoxy) is 1. The van der Waals surface area contributed by atoms with Crippen LogP contribution >= 0.6 is 0 Å². The van der Waals surface area contributed by atoms with Gasteiger partial charge in [0.25, 0.3) is 5.91 Å². The molecule has 4 nitrogen and oxygen atoms in total. The van der Waals surface area contributed by atoms with Gasteiger partial charge in [-0.2, -0.15) is 0 Å². The summed E-state index contributed by atoms with van der Waals surface area (Å²) in [6.45, 7) is 5.14. The number of rotatable bonds is 5. The molecule has 0 heterocycles. The summed E-state index contributed by atoms with van der Waals surface area (Å²) in [5.74, 6) is -0.784. The third-order valence-electron chi connectivity index (χ3n) is 3.70. The van der Waals surface area contributed by atoms with Crippen LogP contribution in [0.2, 0.25) is 0 Å². The molecule has 2 aromatic rings. The van der Waals surface area contributed by atoms with Crippen molar-refractivity contribution < 1.29 is 14.3 Å². The molecule has 0 unspecified atom stereocenters. The molecule has 0 saturated heterocycles. The van der Waals surface area contributed by atoms with Gasteiger partial charge >= 0.3 is 5.97 Å². The number of hydrogen-bond donors (Lipinski definition) is 1. The molecule has 0 aliphatic rings. The zero-order chi connectivity index (χ0) is 16.9. The van der Waals surface area contributed by atoms with Crippen LogP contribution in [-0.4, -0.2) is 18.0 Å². The number of nitrogens with one attached hydrogen (secondary N) is 1. The van der Waals surface area contributed by atoms with Crippen molar-refractivity contribution in [1.82, 2.24) is 0 Å². The van der Waals surface area contributed by atoms with Gasteiger partial charge in [0, 0.05) is 5.69 Å². The minimum atomic E-state index is -0.870. The van der Waals surface area contributed by atoms with Gasteiger partial charge in [-0.05, 0) is 38.5 Å². The number of esters is 1. The van der Waals surface area contributed by atoms with Crippen molar-refractivity contribution in [3.63, 3.8) is 0 Å². The van der Waals surface area contributed by atoms with Crippen molar-refractivity contribution in [2.75, 3.05) is 5.32 Å². The van der Waals surface area contributed by atoms with Crippen LogP contribution < -0.4 is 5.32 Å². The Labute approximate surface area is 136 Å². The van der Waals surface area contributed by atoms with Crippen LogP contribution in [0.15, 0.2) is 60.7 Å². The molecular formula is C19H21NO3. The van der Waals surface area contributed by atoms with Crippen LogP contribution in [0.5, 0.6) is 0 Å². The molecule has 0 aromatic heterocycles. The fourth-order valence-electron chi connectivity index (χ4n) is 2.10. The molecule has 1 N–H and O–H groups in total. The van der Waals surface area contributed by atoms with E-state index < -0.39 is 17.5 Å². The quantitative estimate of drug-likeness (QED) is 0.859. The highest BCUT2D eigenvalue weighted by molar-refractivity contribution is 5.95. The lowest BCUT2D eigenvalue weighted by atomic mass is 9.85. The first-order valence-corrected chi connectivity index (χ1v) is 7.54. The first kappa shape index (κ1) is 16.7. The molecule has 1 atom stereocenters. The van der Waals surface area contributed by atoms with Crippen LogP contribution in [0.3, 0.4) is 0 Å². The standard InChI is InChI=1S/C19H21NO3/c1-14(17(21)20-16-12-8-5-9-13-16)23-18(22)19(2,3)15-10-6-4-7-11-15/h4-14H,1-3H3,(H,20,21)/t14-/m0/s1. The second-order valence-corrected chi connectivity index (χ2v) is 5.89. The third-order valence-corrected chi connectivity index (χ3v) is 3.70. The average molecular weight is 311 g/mol. The second-order valence-electron chi connectivity index (χ2n) is 5.89. The minimum absolute atomic E-state index is 0.353. The molecule has 0 aliphatic heterocycles. The van der Waals surface area contributed by atoms with Gasteiger partial charge in [0.15, 0.2) is 6.10 Å². The Hall–Kier alpha value is -2.62. The monoisotopic (exact) mass is 311 g/mol. The average Bonchev–Trinajstić information content (AvgIpc) is 2.56. The van der Waals surface area contributed by atoms with Crippen LogP contribution in [0.1, 0.15) is 26.3 Å². The van der Waals surface area contributed by atoms with Crippen molar-refractivity contribution in [2.24, 2.45) is 0 Å². The fourth-order valence-corrected chi connectivity index (χ4v) is 2.10. The Balaban J connectivity index is 2.00. The maximum atomic E-state index is 12.4. The molecule has 4 heteroatoms. The zero-order valence-corrected chi connectivity index (χ0v) is 13.6. The Kier molecular flexibility index (Phi) is 5.16. The summed E-state index contributed by atoms with van der Waals surface area (Å²) in [6.07, 6.45) is -0.870. The van der Waals surface area contributed by atoms with E-state index in [0.29, 0.717) is 5.69 Å². The normalized spacial score (nSPS) is 12.3. The summed E-state index contributed by atoms with van der Waals surface area (Å²) in [5.41, 5.74) is 0.700. The van der Waals surface area contributed by atoms with E-state index in [1.165, 1.54) is 0 Å². The van der Waals surface area contributed by atoms with E-state index >= 15 is 0 Å². The first-order chi connectivity index (χ1) is 10.9. The van der Waals surface area contributed by atoms with Crippen LogP contribution in [-0.2, 0) is 19.7 Å². The molecule has 0 spiro atoms. The highest BCUT2D eigenvalue weighted by atomic mass is 16.5. The Morgan fingerprint density at radius 3 is 2.04 bits per heavy atom. The van der Waals surface area contributed by atoms with Gasteiger partial charge in [0.2, 0.25) is 0 Å². The summed E-state index contributed by atoms with van der Waals surface area (Å²) in [4.78, 5) is 24.6. The molecule has 0 radical (unpaired) electrons. The van der Waals surface area contributed by atoms with Crippen LogP contribution in [0.25, 0.3) is 0 Å². The molecule has 120 valence electrons. The van der Waals surface area contributed by atoms with Crippen molar-refractivity contribution in [2.45, 2.75) is 32.3 Å². The van der Waals surface area contributed by atoms with Gasteiger partial charge in [-0.1, -0.05) is 48.5 Å². The predicted molar refractivity (Wildman–Crippen MR) is 90.1 cm³/mol. The first-order valence-electron chi connectivity index (χ1n) is 7.54. The van der Waals surface area contributed by atoms with E-state index in [1.807, 2.05) is 48.5 Å². The van der Waals surface area contributed by atoms with E-state index in [-0.39, 0.29) is 5.91 Å². The molecule has 1 amide bonds. The zero-order valence-electron chi connectivity index (χ0n) is 13.6. The highest BCUT2D eigenvalue weighted by Gasteiger charge is 2.33. The number of amides is 1. The summed E-state index contributed by atoms with van der Waals surface area (Å²) < 4.78 is 5.35. The Bertz CT molecular complexity index is 666. The smallest absolute Gasteiger partial charge is 0.316 e. The number of hydrogen-bond acceptors (Lipinski definition) is 3. The van der Waals surface area contributed by atoms with Crippen LogP contribution in [0, 0.1) is 0 Å². The lowest BCUT2D eigenvalue weighted by Crippen LogP contribution is -2.37. The van der Waals surface area contributed by atoms with Gasteiger partial charge in [-0.25, -0.2) is 0 Å². The number of para-hydroxylation sites is 1. The summed E-state index contributed by atoms with van der Waals surface area (Å²) >= 11 is 0. The van der Waals surface area contributed by atoms with Gasteiger partial charge in [-0.3, -0.25) is 9.59 Å². The Morgan fingerprint density at radius 1 is 0.957 bits per heavy atom. The van der Waals surface area contributed by atoms with Crippen LogP contribution in [0.4, 0.5) is 5.69 Å². The molecule has 0 fully saturated rings. The van der Waals surface area contributed by atoms with E-state index in [1.54, 1.807) is 32.9 Å². The number of anilines is 1. The summed E-state index contributed by atoms with van der Waals surface area (Å²) in [6, 6.07) is 18.4. The lowest BCUT2D eigenvalue weighted by molar-refractivity contribution is -0.158. The summed E-state index contributed by atoms with van der Waals surface area (Å²) in [5, 5.41) is 2.72. The molecular weight excluding hydrogens is 290 g/mol. The van der Waals surface area contributed by atoms with Gasteiger partial charge < -0.3 is 10.1 Å². The molecule has 2 aromatic carbocycles. The maximum absolute atomic E-state index is 12.4. The van der Waals surface area contributed by atoms with Gasteiger partial charge in [-0.15, -0.1) is 0 Å². The topological polar surface area (TPSA) is 55.4 Å². The van der Waals surface area contributed by atoms with E-state index in [4.69, 9.17) is 4.74 Å². The van der Waals surface area contributed by atoms with Gasteiger partial charge in [0.05, 0.1) is 5.41 Å². The fraction of sp³-hybridized carbons (Fsp3) is 0.263. The minimum Gasteiger partial charge on any atom is -0.452 e. The van der Waals surface area contributed by atoms with Crippen molar-refractivity contribution >= 4 is 17.6 Å². The summed E-state index contributed by atoms with van der Waals surface area (Å²) in [7, 11) is 0. The Morgan fingerprint density at radius 2 is 1.48 bits per heavy atom.